The summed E-state index contributed by atoms with van der Waals surface area (Å²) in [6.07, 6.45) is 2.12. The van der Waals surface area contributed by atoms with E-state index in [1.807, 2.05) is 35.4 Å². The summed E-state index contributed by atoms with van der Waals surface area (Å²) in [7, 11) is 3.95. The molecule has 2 aromatic rings. The number of thioether (sulfide) groups is 1. The third-order valence-corrected chi connectivity index (χ3v) is 6.27. The van der Waals surface area contributed by atoms with Crippen molar-refractivity contribution >= 4 is 17.7 Å². The second-order valence-corrected chi connectivity index (χ2v) is 8.59. The molecule has 2 heterocycles. The first-order valence-electron chi connectivity index (χ1n) is 9.65. The zero-order chi connectivity index (χ0) is 20.3. The van der Waals surface area contributed by atoms with Crippen molar-refractivity contribution in [2.24, 2.45) is 5.92 Å². The molecule has 1 saturated heterocycles. The lowest BCUT2D eigenvalue weighted by atomic mass is 9.99. The van der Waals surface area contributed by atoms with E-state index in [9.17, 15) is 9.18 Å². The molecule has 0 aliphatic carbocycles. The van der Waals surface area contributed by atoms with Crippen molar-refractivity contribution in [3.63, 3.8) is 0 Å². The fourth-order valence-corrected chi connectivity index (χ4v) is 4.05. The number of rotatable bonds is 6. The molecule has 1 aliphatic heterocycles. The number of piperidine rings is 1. The predicted octanol–water partition coefficient (Wildman–Crippen LogP) is 3.38. The van der Waals surface area contributed by atoms with Gasteiger partial charge in [0.2, 0.25) is 5.91 Å². The Morgan fingerprint density at radius 3 is 2.50 bits per heavy atom. The minimum Gasteiger partial charge on any atom is -0.342 e. The zero-order valence-electron chi connectivity index (χ0n) is 16.9. The lowest BCUT2D eigenvalue weighted by Gasteiger charge is -2.30. The summed E-state index contributed by atoms with van der Waals surface area (Å²) < 4.78 is 15.3. The van der Waals surface area contributed by atoms with Crippen LogP contribution >= 0.6 is 11.8 Å². The van der Waals surface area contributed by atoms with Crippen LogP contribution in [0.25, 0.3) is 5.69 Å². The molecule has 0 radical (unpaired) electrons. The number of nitrogens with zero attached hydrogens (tertiary/aromatic N) is 5. The SMILES string of the molecule is CC1CCN(C(=O)CSc2nnc([C@@H](C)N(C)C)n2-c2ccc(F)cc2)CC1. The second-order valence-electron chi connectivity index (χ2n) is 7.64. The smallest absolute Gasteiger partial charge is 0.233 e. The van der Waals surface area contributed by atoms with E-state index in [0.29, 0.717) is 16.8 Å². The van der Waals surface area contributed by atoms with Crippen LogP contribution in [0.15, 0.2) is 29.4 Å². The van der Waals surface area contributed by atoms with Gasteiger partial charge >= 0.3 is 0 Å². The number of hydrogen-bond donors (Lipinski definition) is 0. The highest BCUT2D eigenvalue weighted by Crippen LogP contribution is 2.27. The van der Waals surface area contributed by atoms with E-state index in [-0.39, 0.29) is 17.8 Å². The van der Waals surface area contributed by atoms with Gasteiger partial charge in [-0.1, -0.05) is 18.7 Å². The van der Waals surface area contributed by atoms with Gasteiger partial charge in [-0.2, -0.15) is 0 Å². The molecule has 1 aliphatic rings. The highest BCUT2D eigenvalue weighted by atomic mass is 32.2. The summed E-state index contributed by atoms with van der Waals surface area (Å²) in [5.41, 5.74) is 0.789. The van der Waals surface area contributed by atoms with Gasteiger partial charge in [-0.3, -0.25) is 14.3 Å². The van der Waals surface area contributed by atoms with E-state index in [0.717, 1.165) is 37.4 Å². The maximum atomic E-state index is 13.4. The standard InChI is InChI=1S/C20H28FN5OS/c1-14-9-11-25(12-10-14)18(27)13-28-20-23-22-19(15(2)24(3)4)26(20)17-7-5-16(21)6-8-17/h5-8,14-15H,9-13H2,1-4H3/t15-/m1/s1. The predicted molar refractivity (Wildman–Crippen MR) is 109 cm³/mol. The molecule has 0 spiro atoms. The Morgan fingerprint density at radius 2 is 1.89 bits per heavy atom. The number of hydrogen-bond acceptors (Lipinski definition) is 5. The van der Waals surface area contributed by atoms with E-state index in [2.05, 4.69) is 17.1 Å². The fraction of sp³-hybridized carbons (Fsp3) is 0.550. The topological polar surface area (TPSA) is 54.3 Å². The van der Waals surface area contributed by atoms with Gasteiger partial charge in [0.15, 0.2) is 11.0 Å². The van der Waals surface area contributed by atoms with Crippen LogP contribution < -0.4 is 0 Å². The lowest BCUT2D eigenvalue weighted by Crippen LogP contribution is -2.38. The maximum Gasteiger partial charge on any atom is 0.233 e. The Labute approximate surface area is 170 Å². The molecule has 28 heavy (non-hydrogen) atoms. The van der Waals surface area contributed by atoms with Gasteiger partial charge in [-0.05, 0) is 64.0 Å². The number of amides is 1. The summed E-state index contributed by atoms with van der Waals surface area (Å²) in [5, 5.41) is 9.35. The summed E-state index contributed by atoms with van der Waals surface area (Å²) in [5.74, 6) is 1.62. The second kappa shape index (κ2) is 9.05. The van der Waals surface area contributed by atoms with Crippen molar-refractivity contribution in [2.75, 3.05) is 32.9 Å². The molecule has 6 nitrogen and oxygen atoms in total. The molecule has 0 N–H and O–H groups in total. The molecule has 0 unspecified atom stereocenters. The zero-order valence-corrected chi connectivity index (χ0v) is 17.7. The molecule has 152 valence electrons. The number of carbonyl (C=O) groups excluding carboxylic acids is 1. The molecule has 1 atom stereocenters. The third-order valence-electron chi connectivity index (χ3n) is 5.35. The number of aromatic nitrogens is 3. The van der Waals surface area contributed by atoms with E-state index < -0.39 is 0 Å². The van der Waals surface area contributed by atoms with Crippen LogP contribution in [0.2, 0.25) is 0 Å². The van der Waals surface area contributed by atoms with Gasteiger partial charge in [-0.15, -0.1) is 10.2 Å². The van der Waals surface area contributed by atoms with Gasteiger partial charge in [-0.25, -0.2) is 4.39 Å². The summed E-state index contributed by atoms with van der Waals surface area (Å²) in [6, 6.07) is 6.29. The lowest BCUT2D eigenvalue weighted by molar-refractivity contribution is -0.129. The largest absolute Gasteiger partial charge is 0.342 e. The van der Waals surface area contributed by atoms with Crippen molar-refractivity contribution in [1.29, 1.82) is 0 Å². The Kier molecular flexibility index (Phi) is 6.72. The number of halogens is 1. The Morgan fingerprint density at radius 1 is 1.25 bits per heavy atom. The van der Waals surface area contributed by atoms with Crippen LogP contribution in [0.1, 0.15) is 38.6 Å². The van der Waals surface area contributed by atoms with Crippen molar-refractivity contribution in [3.05, 3.63) is 35.9 Å². The highest BCUT2D eigenvalue weighted by Gasteiger charge is 2.24. The van der Waals surface area contributed by atoms with Crippen LogP contribution in [0, 0.1) is 11.7 Å². The monoisotopic (exact) mass is 405 g/mol. The van der Waals surface area contributed by atoms with Gasteiger partial charge in [0.25, 0.3) is 0 Å². The average Bonchev–Trinajstić information content (AvgIpc) is 3.10. The third kappa shape index (κ3) is 4.72. The minimum atomic E-state index is -0.289. The first kappa shape index (κ1) is 20.8. The molecule has 1 amide bonds. The normalized spacial score (nSPS) is 16.6. The van der Waals surface area contributed by atoms with Crippen molar-refractivity contribution in [3.8, 4) is 5.69 Å². The molecule has 1 aromatic heterocycles. The summed E-state index contributed by atoms with van der Waals surface area (Å²) >= 11 is 1.38. The summed E-state index contributed by atoms with van der Waals surface area (Å²) in [4.78, 5) is 16.6. The molecule has 8 heteroatoms. The van der Waals surface area contributed by atoms with Crippen molar-refractivity contribution < 1.29 is 9.18 Å². The molecular weight excluding hydrogens is 377 g/mol. The van der Waals surface area contributed by atoms with E-state index in [4.69, 9.17) is 0 Å². The van der Waals surface area contributed by atoms with Gasteiger partial charge < -0.3 is 4.90 Å². The minimum absolute atomic E-state index is 0.0196. The Balaban J connectivity index is 1.80. The first-order valence-corrected chi connectivity index (χ1v) is 10.6. The maximum absolute atomic E-state index is 13.4. The molecular formula is C20H28FN5OS. The number of carbonyl (C=O) groups is 1. The van der Waals surface area contributed by atoms with Crippen molar-refractivity contribution in [2.45, 2.75) is 37.9 Å². The Hall–Kier alpha value is -1.93. The summed E-state index contributed by atoms with van der Waals surface area (Å²) in [6.45, 7) is 5.93. The van der Waals surface area contributed by atoms with Crippen molar-refractivity contribution in [1.82, 2.24) is 24.6 Å². The van der Waals surface area contributed by atoms with Crippen LogP contribution in [0.4, 0.5) is 4.39 Å². The molecule has 1 aromatic carbocycles. The molecule has 0 bridgehead atoms. The number of likely N-dealkylation sites (tertiary alicyclic amines) is 1. The van der Waals surface area contributed by atoms with Crippen LogP contribution in [0.5, 0.6) is 0 Å². The first-order chi connectivity index (χ1) is 13.4. The van der Waals surface area contributed by atoms with Crippen LogP contribution in [-0.2, 0) is 4.79 Å². The number of benzene rings is 1. The van der Waals surface area contributed by atoms with Gasteiger partial charge in [0.1, 0.15) is 5.82 Å². The van der Waals surface area contributed by atoms with Crippen LogP contribution in [0.3, 0.4) is 0 Å². The van der Waals surface area contributed by atoms with Gasteiger partial charge in [0.05, 0.1) is 11.8 Å². The van der Waals surface area contributed by atoms with Crippen LogP contribution in [-0.4, -0.2) is 63.4 Å². The molecule has 0 saturated carbocycles. The van der Waals surface area contributed by atoms with E-state index >= 15 is 0 Å². The van der Waals surface area contributed by atoms with E-state index in [1.165, 1.54) is 23.9 Å². The quantitative estimate of drug-likeness (QED) is 0.690. The van der Waals surface area contributed by atoms with Gasteiger partial charge in [0, 0.05) is 18.8 Å². The Bertz CT molecular complexity index is 799. The highest BCUT2D eigenvalue weighted by molar-refractivity contribution is 7.99. The molecule has 1 fully saturated rings. The fourth-order valence-electron chi connectivity index (χ4n) is 3.18. The molecule has 3 rings (SSSR count). The van der Waals surface area contributed by atoms with E-state index in [1.54, 1.807) is 12.1 Å². The average molecular weight is 406 g/mol.